The van der Waals surface area contributed by atoms with Crippen molar-refractivity contribution in [2.24, 2.45) is 0 Å². The minimum atomic E-state index is -1.78. The summed E-state index contributed by atoms with van der Waals surface area (Å²) in [5, 5.41) is 11.8. The third kappa shape index (κ3) is 6.31. The maximum absolute atomic E-state index is 13.3. The van der Waals surface area contributed by atoms with Crippen LogP contribution in [-0.2, 0) is 20.3 Å². The summed E-state index contributed by atoms with van der Waals surface area (Å²) in [7, 11) is -2.40. The molecule has 1 amide bonds. The van der Waals surface area contributed by atoms with Crippen molar-refractivity contribution in [3.05, 3.63) is 40.7 Å². The SMILES string of the molecule is CC1(C)OB(c2cccc(NC(=O)c3cc4n(n3)CCC[C@@H]4NCCO[Si](C)(C)C(C)(C)C)c2Cl)OC1(C)C. The first kappa shape index (κ1) is 30.3. The normalized spacial score (nSPS) is 20.7. The molecule has 1 aromatic heterocycles. The molecule has 11 heteroatoms. The van der Waals surface area contributed by atoms with Crippen molar-refractivity contribution in [1.82, 2.24) is 15.1 Å². The van der Waals surface area contributed by atoms with Crippen molar-refractivity contribution in [2.75, 3.05) is 18.5 Å². The number of nitrogens with zero attached hydrogens (tertiary/aromatic N) is 2. The molecule has 0 bridgehead atoms. The van der Waals surface area contributed by atoms with E-state index in [-0.39, 0.29) is 17.0 Å². The number of carbonyl (C=O) groups excluding carboxylic acids is 1. The van der Waals surface area contributed by atoms with Crippen LogP contribution >= 0.6 is 11.6 Å². The van der Waals surface area contributed by atoms with Gasteiger partial charge in [0.05, 0.1) is 27.6 Å². The number of halogens is 1. The van der Waals surface area contributed by atoms with Crippen molar-refractivity contribution < 1.29 is 18.5 Å². The topological polar surface area (TPSA) is 86.6 Å². The highest BCUT2D eigenvalue weighted by molar-refractivity contribution is 6.74. The maximum atomic E-state index is 13.3. The van der Waals surface area contributed by atoms with Crippen LogP contribution in [0.15, 0.2) is 24.3 Å². The van der Waals surface area contributed by atoms with Gasteiger partial charge in [-0.1, -0.05) is 44.5 Å². The maximum Gasteiger partial charge on any atom is 0.496 e. The number of fused-ring (bicyclic) bond motifs is 1. The van der Waals surface area contributed by atoms with Crippen LogP contribution in [0.1, 0.15) is 83.5 Å². The fraction of sp³-hybridized carbons (Fsp3) is 0.643. The molecule has 0 spiro atoms. The fourth-order valence-electron chi connectivity index (χ4n) is 4.54. The predicted molar refractivity (Wildman–Crippen MR) is 160 cm³/mol. The fourth-order valence-corrected chi connectivity index (χ4v) is 5.85. The predicted octanol–water partition coefficient (Wildman–Crippen LogP) is 5.53. The van der Waals surface area contributed by atoms with Gasteiger partial charge in [-0.2, -0.15) is 5.10 Å². The number of aryl methyl sites for hydroxylation is 1. The van der Waals surface area contributed by atoms with Crippen molar-refractivity contribution in [3.63, 3.8) is 0 Å². The van der Waals surface area contributed by atoms with Gasteiger partial charge in [0.2, 0.25) is 0 Å². The average molecular weight is 575 g/mol. The van der Waals surface area contributed by atoms with E-state index in [4.69, 9.17) is 25.3 Å². The Bertz CT molecular complexity index is 1190. The lowest BCUT2D eigenvalue weighted by molar-refractivity contribution is 0.00578. The Kier molecular flexibility index (Phi) is 8.50. The van der Waals surface area contributed by atoms with Crippen LogP contribution in [-0.4, -0.2) is 55.5 Å². The van der Waals surface area contributed by atoms with Crippen LogP contribution in [0.5, 0.6) is 0 Å². The molecule has 1 atom stereocenters. The molecular weight excluding hydrogens is 531 g/mol. The average Bonchev–Trinajstić information content (AvgIpc) is 3.35. The Morgan fingerprint density at radius 3 is 2.54 bits per heavy atom. The van der Waals surface area contributed by atoms with Crippen molar-refractivity contribution >= 4 is 44.1 Å². The standard InChI is InChI=1S/C28H44BClN4O4Si/c1-26(2,3)39(8,9)36-17-15-31-20-14-11-16-34-23(20)18-22(33-34)25(35)32-21-13-10-12-19(24(21)30)29-37-27(4,5)28(6,7)38-29/h10,12-13,18,20,31H,11,14-17H2,1-9H3,(H,32,35)/t20-/m0/s1. The van der Waals surface area contributed by atoms with Gasteiger partial charge in [-0.05, 0) is 70.8 Å². The van der Waals surface area contributed by atoms with Gasteiger partial charge in [0.25, 0.3) is 5.91 Å². The van der Waals surface area contributed by atoms with Gasteiger partial charge in [0, 0.05) is 31.2 Å². The Hall–Kier alpha value is -1.69. The van der Waals surface area contributed by atoms with E-state index in [1.807, 2.05) is 50.6 Å². The van der Waals surface area contributed by atoms with E-state index in [0.717, 1.165) is 31.6 Å². The molecule has 8 nitrogen and oxygen atoms in total. The molecule has 0 radical (unpaired) electrons. The Labute approximate surface area is 239 Å². The van der Waals surface area contributed by atoms with E-state index in [0.29, 0.717) is 28.5 Å². The van der Waals surface area contributed by atoms with Gasteiger partial charge in [-0.25, -0.2) is 0 Å². The summed E-state index contributed by atoms with van der Waals surface area (Å²) in [5.41, 5.74) is 1.59. The minimum Gasteiger partial charge on any atom is -0.416 e. The minimum absolute atomic E-state index is 0.131. The molecule has 2 aliphatic heterocycles. The number of hydrogen-bond donors (Lipinski definition) is 2. The third-order valence-corrected chi connectivity index (χ3v) is 13.8. The van der Waals surface area contributed by atoms with Crippen LogP contribution in [0.4, 0.5) is 5.69 Å². The lowest BCUT2D eigenvalue weighted by atomic mass is 9.79. The number of amides is 1. The molecule has 0 saturated carbocycles. The van der Waals surface area contributed by atoms with E-state index < -0.39 is 26.6 Å². The molecule has 3 heterocycles. The highest BCUT2D eigenvalue weighted by atomic mass is 35.5. The van der Waals surface area contributed by atoms with Crippen molar-refractivity contribution in [2.45, 2.75) is 103 Å². The number of benzene rings is 1. The molecular formula is C28H44BClN4O4Si. The zero-order valence-electron chi connectivity index (χ0n) is 24.9. The Morgan fingerprint density at radius 2 is 1.90 bits per heavy atom. The first-order valence-electron chi connectivity index (χ1n) is 13.9. The summed E-state index contributed by atoms with van der Waals surface area (Å²) < 4.78 is 20.6. The highest BCUT2D eigenvalue weighted by Crippen LogP contribution is 2.38. The summed E-state index contributed by atoms with van der Waals surface area (Å²) in [5.74, 6) is -0.301. The summed E-state index contributed by atoms with van der Waals surface area (Å²) >= 11 is 6.74. The third-order valence-electron chi connectivity index (χ3n) is 8.81. The first-order valence-corrected chi connectivity index (χ1v) is 17.2. The zero-order chi connectivity index (χ0) is 28.8. The van der Waals surface area contributed by atoms with Crippen molar-refractivity contribution in [1.29, 1.82) is 0 Å². The molecule has 1 saturated heterocycles. The number of nitrogens with one attached hydrogen (secondary N) is 2. The second-order valence-corrected chi connectivity index (χ2v) is 18.4. The Balaban J connectivity index is 1.42. The molecule has 0 unspecified atom stereocenters. The molecule has 1 fully saturated rings. The van der Waals surface area contributed by atoms with E-state index in [1.165, 1.54) is 0 Å². The quantitative estimate of drug-likeness (QED) is 0.318. The summed E-state index contributed by atoms with van der Waals surface area (Å²) in [4.78, 5) is 13.3. The van der Waals surface area contributed by atoms with Gasteiger partial charge >= 0.3 is 7.12 Å². The smallest absolute Gasteiger partial charge is 0.416 e. The van der Waals surface area contributed by atoms with Crippen molar-refractivity contribution in [3.8, 4) is 0 Å². The molecule has 1 aromatic carbocycles. The second-order valence-electron chi connectivity index (χ2n) is 13.2. The number of anilines is 1. The van der Waals surface area contributed by atoms with Gasteiger partial charge in [-0.3, -0.25) is 9.48 Å². The molecule has 2 aromatic rings. The monoisotopic (exact) mass is 574 g/mol. The number of hydrogen-bond acceptors (Lipinski definition) is 6. The van der Waals surface area contributed by atoms with Crippen LogP contribution in [0, 0.1) is 0 Å². The summed E-state index contributed by atoms with van der Waals surface area (Å²) in [6.45, 7) is 21.5. The molecule has 0 aliphatic carbocycles. The summed E-state index contributed by atoms with van der Waals surface area (Å²) in [6.07, 6.45) is 1.99. The lowest BCUT2D eigenvalue weighted by Crippen LogP contribution is -2.42. The number of rotatable bonds is 8. The molecule has 39 heavy (non-hydrogen) atoms. The zero-order valence-corrected chi connectivity index (χ0v) is 26.7. The molecule has 214 valence electrons. The molecule has 2 N–H and O–H groups in total. The van der Waals surface area contributed by atoms with Gasteiger partial charge in [0.15, 0.2) is 14.0 Å². The van der Waals surface area contributed by atoms with Crippen LogP contribution in [0.25, 0.3) is 0 Å². The lowest BCUT2D eigenvalue weighted by Gasteiger charge is -2.36. The van der Waals surface area contributed by atoms with E-state index >= 15 is 0 Å². The number of aromatic nitrogens is 2. The number of carbonyl (C=O) groups is 1. The van der Waals surface area contributed by atoms with Gasteiger partial charge in [-0.15, -0.1) is 0 Å². The van der Waals surface area contributed by atoms with E-state index in [9.17, 15) is 4.79 Å². The second kappa shape index (κ2) is 10.9. The molecule has 4 rings (SSSR count). The molecule has 2 aliphatic rings. The van der Waals surface area contributed by atoms with Crippen LogP contribution in [0.2, 0.25) is 23.2 Å². The van der Waals surface area contributed by atoms with E-state index in [2.05, 4.69) is 49.6 Å². The van der Waals surface area contributed by atoms with Gasteiger partial charge < -0.3 is 24.4 Å². The highest BCUT2D eigenvalue weighted by Gasteiger charge is 2.52. The Morgan fingerprint density at radius 1 is 1.23 bits per heavy atom. The van der Waals surface area contributed by atoms with E-state index in [1.54, 1.807) is 6.07 Å². The first-order chi connectivity index (χ1) is 18.0. The van der Waals surface area contributed by atoms with Crippen LogP contribution < -0.4 is 16.1 Å². The summed E-state index contributed by atoms with van der Waals surface area (Å²) in [6, 6.07) is 7.49. The van der Waals surface area contributed by atoms with Crippen LogP contribution in [0.3, 0.4) is 0 Å². The van der Waals surface area contributed by atoms with Gasteiger partial charge in [0.1, 0.15) is 0 Å². The largest absolute Gasteiger partial charge is 0.496 e.